The van der Waals surface area contributed by atoms with E-state index in [1.54, 1.807) is 24.3 Å². The normalized spacial score (nSPS) is 12.8. The summed E-state index contributed by atoms with van der Waals surface area (Å²) in [5.41, 5.74) is 8.26. The lowest BCUT2D eigenvalue weighted by Crippen LogP contribution is -2.44. The highest BCUT2D eigenvalue weighted by Gasteiger charge is 2.39. The molecule has 0 N–H and O–H groups in total. The van der Waals surface area contributed by atoms with Crippen LogP contribution in [-0.4, -0.2) is 58.5 Å². The van der Waals surface area contributed by atoms with Crippen LogP contribution in [0.3, 0.4) is 0 Å². The molecule has 0 aromatic heterocycles. The van der Waals surface area contributed by atoms with Crippen LogP contribution in [0.1, 0.15) is 78.2 Å². The van der Waals surface area contributed by atoms with Crippen LogP contribution in [0.2, 0.25) is 0 Å². The Bertz CT molecular complexity index is 3260. The fraction of sp³-hybridized carbons (Fsp3) is 0.133. The standard InChI is InChI=1S/C60H48N4O8/c1-39-23-27-43(28-24-39)64(44-29-25-40(2)26-30-44)46-18-10-20-48(38-46)72-54(66)22-12-36-62-59(69)51-33-31-49-55-50(32-34-52(56(51)55)60(62)70)58(68)61(57(49)67)35-11-21-53(65)71-47-19-9-17-45(37-47)63(41-13-5-3-6-14-41)42-15-7-4-8-16-42/h3-10,13-20,23-34,37-38H,11-12,21-22,35-36H2,1-2H3. The number of anilines is 6. The number of ether oxygens (including phenoxy) is 2. The number of carbonyl (C=O) groups excluding carboxylic acids is 6. The minimum atomic E-state index is -0.594. The molecule has 2 aliphatic rings. The molecular formula is C60H48N4O8. The summed E-state index contributed by atoms with van der Waals surface area (Å²) in [6.07, 6.45) is 0.120. The number of benzene rings is 8. The van der Waals surface area contributed by atoms with Gasteiger partial charge in [-0.15, -0.1) is 0 Å². The Kier molecular flexibility index (Phi) is 13.0. The van der Waals surface area contributed by atoms with E-state index < -0.39 is 35.6 Å². The Balaban J connectivity index is 0.767. The summed E-state index contributed by atoms with van der Waals surface area (Å²) in [4.78, 5) is 88.6. The van der Waals surface area contributed by atoms with Crippen molar-refractivity contribution >= 4 is 80.5 Å². The van der Waals surface area contributed by atoms with Crippen LogP contribution in [-0.2, 0) is 9.59 Å². The molecule has 10 rings (SSSR count). The van der Waals surface area contributed by atoms with Gasteiger partial charge in [0.15, 0.2) is 0 Å². The Labute approximate surface area is 416 Å². The average molecular weight is 953 g/mol. The first-order valence-electron chi connectivity index (χ1n) is 23.8. The maximum absolute atomic E-state index is 14.0. The maximum atomic E-state index is 14.0. The minimum Gasteiger partial charge on any atom is -0.426 e. The highest BCUT2D eigenvalue weighted by molar-refractivity contribution is 6.33. The number of amides is 4. The molecule has 0 radical (unpaired) electrons. The number of rotatable bonds is 16. The van der Waals surface area contributed by atoms with Gasteiger partial charge in [-0.25, -0.2) is 0 Å². The third-order valence-electron chi connectivity index (χ3n) is 12.8. The van der Waals surface area contributed by atoms with Gasteiger partial charge in [-0.05, 0) is 124 Å². The van der Waals surface area contributed by atoms with Crippen molar-refractivity contribution in [2.24, 2.45) is 0 Å². The molecule has 4 amide bonds. The molecule has 8 aromatic rings. The predicted molar refractivity (Wildman–Crippen MR) is 276 cm³/mol. The van der Waals surface area contributed by atoms with Crippen molar-refractivity contribution in [1.82, 2.24) is 9.80 Å². The lowest BCUT2D eigenvalue weighted by molar-refractivity contribution is -0.135. The molecule has 0 atom stereocenters. The molecular weight excluding hydrogens is 905 g/mol. The molecule has 12 nitrogen and oxygen atoms in total. The number of aryl methyl sites for hydroxylation is 2. The molecule has 2 aliphatic heterocycles. The zero-order valence-electron chi connectivity index (χ0n) is 39.6. The van der Waals surface area contributed by atoms with E-state index in [-0.39, 0.29) is 71.8 Å². The molecule has 0 saturated carbocycles. The topological polar surface area (TPSA) is 134 Å². The Morgan fingerprint density at radius 3 is 1.06 bits per heavy atom. The molecule has 72 heavy (non-hydrogen) atoms. The molecule has 12 heteroatoms. The third kappa shape index (κ3) is 9.33. The second kappa shape index (κ2) is 20.1. The van der Waals surface area contributed by atoms with Crippen molar-refractivity contribution in [1.29, 1.82) is 0 Å². The van der Waals surface area contributed by atoms with Gasteiger partial charge in [0.25, 0.3) is 23.6 Å². The summed E-state index contributed by atoms with van der Waals surface area (Å²) in [6.45, 7) is 3.93. The van der Waals surface area contributed by atoms with Gasteiger partial charge >= 0.3 is 11.9 Å². The number of esters is 2. The lowest BCUT2D eigenvalue weighted by atomic mass is 9.86. The first-order valence-corrected chi connectivity index (χ1v) is 23.8. The van der Waals surface area contributed by atoms with Crippen molar-refractivity contribution in [3.63, 3.8) is 0 Å². The van der Waals surface area contributed by atoms with Gasteiger partial charge in [0.2, 0.25) is 0 Å². The van der Waals surface area contributed by atoms with Crippen LogP contribution in [0.4, 0.5) is 34.1 Å². The van der Waals surface area contributed by atoms with Gasteiger partial charge in [-0.2, -0.15) is 0 Å². The second-order valence-corrected chi connectivity index (χ2v) is 17.8. The molecule has 2 heterocycles. The summed E-state index contributed by atoms with van der Waals surface area (Å²) in [5.74, 6) is -2.75. The zero-order valence-corrected chi connectivity index (χ0v) is 39.6. The average Bonchev–Trinajstić information content (AvgIpc) is 3.39. The minimum absolute atomic E-state index is 0.0636. The summed E-state index contributed by atoms with van der Waals surface area (Å²) >= 11 is 0. The predicted octanol–water partition coefficient (Wildman–Crippen LogP) is 12.4. The number of hydrogen-bond donors (Lipinski definition) is 0. The molecule has 0 aliphatic carbocycles. The van der Waals surface area contributed by atoms with Gasteiger partial charge in [0.05, 0.1) is 0 Å². The Morgan fingerprint density at radius 2 is 0.708 bits per heavy atom. The number of hydrogen-bond acceptors (Lipinski definition) is 10. The number of carbonyl (C=O) groups is 6. The molecule has 0 fully saturated rings. The number of imide groups is 2. The van der Waals surface area contributed by atoms with Crippen LogP contribution >= 0.6 is 0 Å². The van der Waals surface area contributed by atoms with E-state index in [1.165, 1.54) is 24.3 Å². The first-order chi connectivity index (χ1) is 35.0. The van der Waals surface area contributed by atoms with E-state index in [1.807, 2.05) is 147 Å². The summed E-state index contributed by atoms with van der Waals surface area (Å²) < 4.78 is 11.5. The fourth-order valence-electron chi connectivity index (χ4n) is 9.32. The Morgan fingerprint density at radius 1 is 0.389 bits per heavy atom. The van der Waals surface area contributed by atoms with Gasteiger partial charge in [0, 0.05) is 105 Å². The third-order valence-corrected chi connectivity index (χ3v) is 12.8. The smallest absolute Gasteiger partial charge is 0.311 e. The van der Waals surface area contributed by atoms with Gasteiger partial charge in [0.1, 0.15) is 11.5 Å². The van der Waals surface area contributed by atoms with E-state index >= 15 is 0 Å². The van der Waals surface area contributed by atoms with E-state index in [0.717, 1.165) is 55.1 Å². The van der Waals surface area contributed by atoms with Gasteiger partial charge in [-0.1, -0.05) is 83.9 Å². The molecule has 8 aromatic carbocycles. The Hall–Kier alpha value is -9.16. The molecule has 0 bridgehead atoms. The van der Waals surface area contributed by atoms with Crippen LogP contribution < -0.4 is 19.3 Å². The lowest BCUT2D eigenvalue weighted by Gasteiger charge is -2.32. The quantitative estimate of drug-likeness (QED) is 0.0523. The van der Waals surface area contributed by atoms with Crippen LogP contribution in [0, 0.1) is 13.8 Å². The largest absolute Gasteiger partial charge is 0.426 e. The monoisotopic (exact) mass is 952 g/mol. The van der Waals surface area contributed by atoms with Crippen molar-refractivity contribution in [3.05, 3.63) is 215 Å². The van der Waals surface area contributed by atoms with Crippen LogP contribution in [0.15, 0.2) is 182 Å². The van der Waals surface area contributed by atoms with Crippen molar-refractivity contribution < 1.29 is 38.2 Å². The zero-order chi connectivity index (χ0) is 49.9. The van der Waals surface area contributed by atoms with E-state index in [0.29, 0.717) is 11.5 Å². The van der Waals surface area contributed by atoms with Gasteiger partial charge < -0.3 is 19.3 Å². The van der Waals surface area contributed by atoms with Crippen LogP contribution in [0.25, 0.3) is 10.8 Å². The molecule has 0 saturated heterocycles. The maximum Gasteiger partial charge on any atom is 0.311 e. The summed E-state index contributed by atoms with van der Waals surface area (Å²) in [7, 11) is 0. The summed E-state index contributed by atoms with van der Waals surface area (Å²) in [6, 6.07) is 56.4. The first kappa shape index (κ1) is 46.6. The van der Waals surface area contributed by atoms with E-state index in [9.17, 15) is 28.8 Å². The van der Waals surface area contributed by atoms with E-state index in [2.05, 4.69) is 9.80 Å². The second-order valence-electron chi connectivity index (χ2n) is 17.8. The highest BCUT2D eigenvalue weighted by Crippen LogP contribution is 2.40. The highest BCUT2D eigenvalue weighted by atomic mass is 16.5. The molecule has 0 unspecified atom stereocenters. The molecule has 0 spiro atoms. The van der Waals surface area contributed by atoms with Crippen LogP contribution in [0.5, 0.6) is 11.5 Å². The van der Waals surface area contributed by atoms with Crippen molar-refractivity contribution in [2.45, 2.75) is 39.5 Å². The van der Waals surface area contributed by atoms with E-state index in [4.69, 9.17) is 9.47 Å². The number of para-hydroxylation sites is 2. The van der Waals surface area contributed by atoms with Crippen molar-refractivity contribution in [2.75, 3.05) is 22.9 Å². The fourth-order valence-corrected chi connectivity index (χ4v) is 9.32. The molecule has 356 valence electrons. The van der Waals surface area contributed by atoms with Crippen molar-refractivity contribution in [3.8, 4) is 11.5 Å². The summed E-state index contributed by atoms with van der Waals surface area (Å²) in [5, 5.41) is 0.484. The number of nitrogens with zero attached hydrogens (tertiary/aromatic N) is 4. The van der Waals surface area contributed by atoms with Gasteiger partial charge in [-0.3, -0.25) is 38.6 Å². The SMILES string of the molecule is Cc1ccc(N(c2ccc(C)cc2)c2cccc(OC(=O)CCCN3C(=O)c4ccc5c6c(ccc(c46)C3=O)C(=O)N(CCCC(=O)Oc3cccc(N(c4ccccc4)c4ccccc4)c3)C5=O)c2)cc1.